The van der Waals surface area contributed by atoms with Crippen molar-refractivity contribution in [1.29, 1.82) is 0 Å². The Morgan fingerprint density at radius 3 is 2.82 bits per heavy atom. The first-order chi connectivity index (χ1) is 5.16. The maximum atomic E-state index is 10.2. The van der Waals surface area contributed by atoms with Crippen LogP contribution in [0.3, 0.4) is 0 Å². The Kier molecular flexibility index (Phi) is 5.02. The summed E-state index contributed by atoms with van der Waals surface area (Å²) >= 11 is 0. The summed E-state index contributed by atoms with van der Waals surface area (Å²) in [5.41, 5.74) is 4.85. The highest BCUT2D eigenvalue weighted by atomic mass is 16.1. The zero-order chi connectivity index (χ0) is 8.69. The number of hydrogen-bond donors (Lipinski definition) is 2. The summed E-state index contributed by atoms with van der Waals surface area (Å²) in [7, 11) is 0. The van der Waals surface area contributed by atoms with Gasteiger partial charge in [-0.2, -0.15) is 0 Å². The third kappa shape index (κ3) is 6.73. The number of amides is 1. The highest BCUT2D eigenvalue weighted by Crippen LogP contribution is 1.82. The van der Waals surface area contributed by atoms with Gasteiger partial charge in [-0.15, -0.1) is 0 Å². The maximum Gasteiger partial charge on any atom is 0.241 e. The van der Waals surface area contributed by atoms with E-state index in [2.05, 4.69) is 5.32 Å². The Morgan fingerprint density at radius 1 is 1.73 bits per heavy atom. The molecule has 0 saturated carbocycles. The van der Waals surface area contributed by atoms with Crippen LogP contribution in [0.2, 0.25) is 0 Å². The predicted molar refractivity (Wildman–Crippen MR) is 41.9 cm³/mol. The van der Waals surface area contributed by atoms with Gasteiger partial charge < -0.3 is 15.8 Å². The Bertz CT molecular complexity index is 166. The first kappa shape index (κ1) is 9.84. The number of carbonyl (C=O) groups excluding carboxylic acids is 2. The van der Waals surface area contributed by atoms with Crippen LogP contribution in [-0.4, -0.2) is 24.8 Å². The summed E-state index contributed by atoms with van der Waals surface area (Å²) < 4.78 is 0. The van der Waals surface area contributed by atoms with Crippen molar-refractivity contribution in [2.75, 3.05) is 6.54 Å². The SMILES string of the molecule is CC(/C=C\C(N)=O)NCC=O. The van der Waals surface area contributed by atoms with Crippen LogP contribution >= 0.6 is 0 Å². The summed E-state index contributed by atoms with van der Waals surface area (Å²) in [5.74, 6) is -0.482. The topological polar surface area (TPSA) is 72.2 Å². The second-order valence-corrected chi connectivity index (χ2v) is 2.13. The standard InChI is InChI=1S/C7H12N2O2/c1-6(9-4-5-10)2-3-7(8)11/h2-3,5-6,9H,4H2,1H3,(H2,8,11)/b3-2-. The molecule has 4 nitrogen and oxygen atoms in total. The average Bonchev–Trinajstić information content (AvgIpc) is 1.97. The minimum atomic E-state index is -0.482. The number of primary amides is 1. The number of carbonyl (C=O) groups is 2. The summed E-state index contributed by atoms with van der Waals surface area (Å²) in [6, 6.07) is -0.00676. The third-order valence-electron chi connectivity index (χ3n) is 1.07. The Morgan fingerprint density at radius 2 is 2.36 bits per heavy atom. The molecule has 62 valence electrons. The summed E-state index contributed by atoms with van der Waals surface area (Å²) in [4.78, 5) is 20.1. The molecule has 0 heterocycles. The predicted octanol–water partition coefficient (Wildman–Crippen LogP) is -0.795. The minimum absolute atomic E-state index is 0.00676. The lowest BCUT2D eigenvalue weighted by Crippen LogP contribution is -2.26. The van der Waals surface area contributed by atoms with Crippen molar-refractivity contribution >= 4 is 12.2 Å². The number of rotatable bonds is 5. The van der Waals surface area contributed by atoms with Gasteiger partial charge in [0.25, 0.3) is 0 Å². The van der Waals surface area contributed by atoms with E-state index in [4.69, 9.17) is 5.73 Å². The van der Waals surface area contributed by atoms with Crippen LogP contribution in [0.4, 0.5) is 0 Å². The van der Waals surface area contributed by atoms with Crippen molar-refractivity contribution < 1.29 is 9.59 Å². The third-order valence-corrected chi connectivity index (χ3v) is 1.07. The highest BCUT2D eigenvalue weighted by molar-refractivity contribution is 5.85. The first-order valence-corrected chi connectivity index (χ1v) is 3.31. The fourth-order valence-electron chi connectivity index (χ4n) is 0.541. The second kappa shape index (κ2) is 5.61. The fraction of sp³-hybridized carbons (Fsp3) is 0.429. The summed E-state index contributed by atoms with van der Waals surface area (Å²) in [6.07, 6.45) is 3.63. The lowest BCUT2D eigenvalue weighted by Gasteiger charge is -2.03. The van der Waals surface area contributed by atoms with E-state index in [0.29, 0.717) is 0 Å². The van der Waals surface area contributed by atoms with E-state index in [1.807, 2.05) is 6.92 Å². The number of hydrogen-bond acceptors (Lipinski definition) is 3. The minimum Gasteiger partial charge on any atom is -0.366 e. The van der Waals surface area contributed by atoms with Gasteiger partial charge in [0.2, 0.25) is 5.91 Å². The van der Waals surface area contributed by atoms with Gasteiger partial charge in [-0.25, -0.2) is 0 Å². The lowest BCUT2D eigenvalue weighted by molar-refractivity contribution is -0.113. The smallest absolute Gasteiger partial charge is 0.241 e. The number of nitrogens with one attached hydrogen (secondary N) is 1. The summed E-state index contributed by atoms with van der Waals surface area (Å²) in [5, 5.41) is 2.82. The van der Waals surface area contributed by atoms with Gasteiger partial charge in [-0.1, -0.05) is 6.08 Å². The molecule has 0 aliphatic heterocycles. The van der Waals surface area contributed by atoms with Crippen LogP contribution in [0.1, 0.15) is 6.92 Å². The molecule has 1 atom stereocenters. The Balaban J connectivity index is 3.58. The van der Waals surface area contributed by atoms with Crippen LogP contribution < -0.4 is 11.1 Å². The fourth-order valence-corrected chi connectivity index (χ4v) is 0.541. The van der Waals surface area contributed by atoms with E-state index >= 15 is 0 Å². The van der Waals surface area contributed by atoms with Crippen molar-refractivity contribution in [1.82, 2.24) is 5.32 Å². The molecule has 1 unspecified atom stereocenters. The van der Waals surface area contributed by atoms with Crippen LogP contribution in [-0.2, 0) is 9.59 Å². The molecule has 0 aromatic heterocycles. The molecule has 0 aromatic carbocycles. The molecule has 0 rings (SSSR count). The van der Waals surface area contributed by atoms with E-state index in [1.54, 1.807) is 6.08 Å². The van der Waals surface area contributed by atoms with Gasteiger partial charge in [0.05, 0.1) is 6.54 Å². The first-order valence-electron chi connectivity index (χ1n) is 3.31. The molecule has 4 heteroatoms. The van der Waals surface area contributed by atoms with E-state index in [1.165, 1.54) is 6.08 Å². The maximum absolute atomic E-state index is 10.2. The molecule has 0 radical (unpaired) electrons. The normalized spacial score (nSPS) is 13.2. The monoisotopic (exact) mass is 156 g/mol. The Hall–Kier alpha value is -1.16. The molecular formula is C7H12N2O2. The lowest BCUT2D eigenvalue weighted by atomic mass is 10.3. The molecule has 11 heavy (non-hydrogen) atoms. The van der Waals surface area contributed by atoms with Gasteiger partial charge >= 0.3 is 0 Å². The molecular weight excluding hydrogens is 144 g/mol. The van der Waals surface area contributed by atoms with Gasteiger partial charge in [0.15, 0.2) is 0 Å². The van der Waals surface area contributed by atoms with Crippen LogP contribution in [0, 0.1) is 0 Å². The van der Waals surface area contributed by atoms with Crippen LogP contribution in [0.25, 0.3) is 0 Å². The molecule has 0 fully saturated rings. The van der Waals surface area contributed by atoms with Crippen LogP contribution in [0.15, 0.2) is 12.2 Å². The molecule has 1 amide bonds. The molecule has 0 saturated heterocycles. The van der Waals surface area contributed by atoms with Crippen molar-refractivity contribution in [2.24, 2.45) is 5.73 Å². The van der Waals surface area contributed by atoms with Gasteiger partial charge in [-0.05, 0) is 6.92 Å². The van der Waals surface area contributed by atoms with Crippen molar-refractivity contribution in [3.63, 3.8) is 0 Å². The van der Waals surface area contributed by atoms with Crippen molar-refractivity contribution in [3.8, 4) is 0 Å². The van der Waals surface area contributed by atoms with Crippen molar-refractivity contribution in [3.05, 3.63) is 12.2 Å². The van der Waals surface area contributed by atoms with E-state index in [0.717, 1.165) is 6.29 Å². The quantitative estimate of drug-likeness (QED) is 0.404. The van der Waals surface area contributed by atoms with Gasteiger partial charge in [0, 0.05) is 12.1 Å². The van der Waals surface area contributed by atoms with E-state index in [-0.39, 0.29) is 12.6 Å². The van der Waals surface area contributed by atoms with Gasteiger partial charge in [-0.3, -0.25) is 4.79 Å². The molecule has 0 bridgehead atoms. The van der Waals surface area contributed by atoms with E-state index < -0.39 is 5.91 Å². The summed E-state index contributed by atoms with van der Waals surface area (Å²) in [6.45, 7) is 2.10. The molecule has 0 aromatic rings. The zero-order valence-electron chi connectivity index (χ0n) is 6.41. The average molecular weight is 156 g/mol. The van der Waals surface area contributed by atoms with Gasteiger partial charge in [0.1, 0.15) is 6.29 Å². The second-order valence-electron chi connectivity index (χ2n) is 2.13. The molecule has 3 N–H and O–H groups in total. The number of aldehydes is 1. The molecule has 0 spiro atoms. The molecule has 0 aliphatic carbocycles. The van der Waals surface area contributed by atoms with Crippen molar-refractivity contribution in [2.45, 2.75) is 13.0 Å². The highest BCUT2D eigenvalue weighted by Gasteiger charge is 1.93. The zero-order valence-corrected chi connectivity index (χ0v) is 6.41. The largest absolute Gasteiger partial charge is 0.366 e. The Labute approximate surface area is 65.5 Å². The van der Waals surface area contributed by atoms with Crippen LogP contribution in [0.5, 0.6) is 0 Å². The van der Waals surface area contributed by atoms with E-state index in [9.17, 15) is 9.59 Å². The number of nitrogens with two attached hydrogens (primary N) is 1. The molecule has 0 aliphatic rings.